The Morgan fingerprint density at radius 1 is 1.25 bits per heavy atom. The minimum Gasteiger partial charge on any atom is -0.203 e. The highest BCUT2D eigenvalue weighted by Crippen LogP contribution is 2.49. The molecule has 20 heavy (non-hydrogen) atoms. The second kappa shape index (κ2) is 3.96. The number of rotatable bonds is 1. The molecule has 0 saturated heterocycles. The number of nitrogens with zero attached hydrogens (tertiary/aromatic N) is 6. The van der Waals surface area contributed by atoms with Crippen LogP contribution in [0.1, 0.15) is 24.2 Å². The van der Waals surface area contributed by atoms with Gasteiger partial charge in [0.1, 0.15) is 17.9 Å². The van der Waals surface area contributed by atoms with Crippen LogP contribution in [0.25, 0.3) is 0 Å². The lowest BCUT2D eigenvalue weighted by Gasteiger charge is -2.31. The average molecular weight is 287 g/mol. The number of fused-ring (bicyclic) bond motifs is 3. The molecule has 100 valence electrons. The average Bonchev–Trinajstić information content (AvgIpc) is 3.05. The van der Waals surface area contributed by atoms with Crippen molar-refractivity contribution in [1.82, 2.24) is 14.9 Å². The zero-order chi connectivity index (χ0) is 13.7. The van der Waals surface area contributed by atoms with Gasteiger partial charge in [0.15, 0.2) is 11.0 Å². The highest BCUT2D eigenvalue weighted by Gasteiger charge is 2.52. The lowest BCUT2D eigenvalue weighted by atomic mass is 9.77. The first-order valence-corrected chi connectivity index (χ1v) is 6.70. The molecule has 0 spiro atoms. The molecule has 1 aromatic heterocycles. The third-order valence-electron chi connectivity index (χ3n) is 3.95. The van der Waals surface area contributed by atoms with Gasteiger partial charge in [-0.3, -0.25) is 0 Å². The summed E-state index contributed by atoms with van der Waals surface area (Å²) in [4.78, 5) is 0. The van der Waals surface area contributed by atoms with Crippen molar-refractivity contribution >= 4 is 16.8 Å². The maximum atomic E-state index is 6.24. The lowest BCUT2D eigenvalue weighted by molar-refractivity contribution is 0.395. The molecular formula is C13H11ClN6. The Hall–Kier alpha value is -2.08. The Bertz CT molecular complexity index is 721. The largest absolute Gasteiger partial charge is 0.203 e. The molecule has 0 amide bonds. The Kier molecular flexibility index (Phi) is 2.32. The molecule has 0 fully saturated rings. The monoisotopic (exact) mass is 286 g/mol. The third-order valence-corrected chi connectivity index (χ3v) is 4.25. The van der Waals surface area contributed by atoms with E-state index in [1.54, 1.807) is 11.0 Å². The molecule has 1 aromatic carbocycles. The second-order valence-corrected chi connectivity index (χ2v) is 5.50. The van der Waals surface area contributed by atoms with E-state index in [9.17, 15) is 0 Å². The first-order valence-electron chi connectivity index (χ1n) is 6.32. The van der Waals surface area contributed by atoms with Crippen LogP contribution in [0.2, 0.25) is 0 Å². The van der Waals surface area contributed by atoms with Crippen LogP contribution in [0, 0.1) is 0 Å². The Morgan fingerprint density at radius 2 is 2.05 bits per heavy atom. The van der Waals surface area contributed by atoms with Crippen LogP contribution in [0.15, 0.2) is 52.0 Å². The molecule has 3 heterocycles. The van der Waals surface area contributed by atoms with E-state index in [0.717, 1.165) is 11.4 Å². The fourth-order valence-electron chi connectivity index (χ4n) is 2.89. The van der Waals surface area contributed by atoms with Gasteiger partial charge in [-0.05, 0) is 12.5 Å². The molecule has 2 aromatic rings. The van der Waals surface area contributed by atoms with Crippen LogP contribution in [0.4, 0.5) is 0 Å². The zero-order valence-electron chi connectivity index (χ0n) is 10.7. The van der Waals surface area contributed by atoms with Gasteiger partial charge in [0.2, 0.25) is 0 Å². The number of benzene rings is 1. The van der Waals surface area contributed by atoms with Gasteiger partial charge in [-0.1, -0.05) is 41.9 Å². The minimum atomic E-state index is -0.507. The Labute approximate surface area is 120 Å². The predicted molar refractivity (Wildman–Crippen MR) is 73.9 cm³/mol. The molecule has 6 nitrogen and oxygen atoms in total. The van der Waals surface area contributed by atoms with E-state index >= 15 is 0 Å². The smallest absolute Gasteiger partial charge is 0.162 e. The summed E-state index contributed by atoms with van der Waals surface area (Å²) >= 11 is 6.24. The zero-order valence-corrected chi connectivity index (χ0v) is 11.4. The summed E-state index contributed by atoms with van der Waals surface area (Å²) in [6.07, 6.45) is 1.55. The molecule has 0 aliphatic carbocycles. The van der Waals surface area contributed by atoms with Crippen molar-refractivity contribution in [3.63, 3.8) is 0 Å². The minimum absolute atomic E-state index is 0.0857. The maximum absolute atomic E-state index is 6.24. The number of azo groups is 1. The molecule has 1 unspecified atom stereocenters. The molecule has 0 saturated carbocycles. The van der Waals surface area contributed by atoms with Gasteiger partial charge in [0.25, 0.3) is 0 Å². The second-order valence-electron chi connectivity index (χ2n) is 5.11. The van der Waals surface area contributed by atoms with Gasteiger partial charge in [0.05, 0.1) is 5.92 Å². The number of hydrogen-bond donors (Lipinski definition) is 0. The number of aromatic nitrogens is 3. The fraction of sp³-hybridized carbons (Fsp3) is 0.308. The molecule has 2 aliphatic rings. The molecule has 3 atom stereocenters. The first-order chi connectivity index (χ1) is 9.70. The van der Waals surface area contributed by atoms with Gasteiger partial charge in [0, 0.05) is 0 Å². The summed E-state index contributed by atoms with van der Waals surface area (Å²) in [5.74, 6) is 0.660. The summed E-state index contributed by atoms with van der Waals surface area (Å²) in [6.45, 7) is 2.05. The van der Waals surface area contributed by atoms with Gasteiger partial charge >= 0.3 is 0 Å². The van der Waals surface area contributed by atoms with Crippen molar-refractivity contribution in [2.24, 2.45) is 15.3 Å². The Morgan fingerprint density at radius 3 is 2.85 bits per heavy atom. The van der Waals surface area contributed by atoms with Crippen molar-refractivity contribution in [1.29, 1.82) is 0 Å². The summed E-state index contributed by atoms with van der Waals surface area (Å²) in [5.41, 5.74) is 0.574. The topological polar surface area (TPSA) is 67.8 Å². The quantitative estimate of drug-likeness (QED) is 0.808. The van der Waals surface area contributed by atoms with E-state index in [1.807, 2.05) is 37.3 Å². The molecule has 0 N–H and O–H groups in total. The van der Waals surface area contributed by atoms with Gasteiger partial charge in [-0.2, -0.15) is 15.3 Å². The van der Waals surface area contributed by atoms with E-state index in [1.165, 1.54) is 0 Å². The lowest BCUT2D eigenvalue weighted by Crippen LogP contribution is -2.37. The summed E-state index contributed by atoms with van der Waals surface area (Å²) in [5, 5.41) is 21.6. The van der Waals surface area contributed by atoms with E-state index < -0.39 is 5.54 Å². The Balaban J connectivity index is 1.90. The van der Waals surface area contributed by atoms with Crippen LogP contribution < -0.4 is 0 Å². The first kappa shape index (κ1) is 11.7. The van der Waals surface area contributed by atoms with Gasteiger partial charge in [-0.25, -0.2) is 4.68 Å². The van der Waals surface area contributed by atoms with Crippen LogP contribution in [-0.2, 0) is 5.54 Å². The van der Waals surface area contributed by atoms with Crippen LogP contribution in [-0.4, -0.2) is 26.1 Å². The summed E-state index contributed by atoms with van der Waals surface area (Å²) in [6, 6.07) is 9.77. The summed E-state index contributed by atoms with van der Waals surface area (Å²) < 4.78 is 1.61. The van der Waals surface area contributed by atoms with E-state index in [-0.39, 0.29) is 12.0 Å². The van der Waals surface area contributed by atoms with Crippen molar-refractivity contribution < 1.29 is 0 Å². The number of halogens is 1. The highest BCUT2D eigenvalue weighted by molar-refractivity contribution is 6.66. The van der Waals surface area contributed by atoms with E-state index in [2.05, 4.69) is 25.5 Å². The maximum Gasteiger partial charge on any atom is 0.162 e. The fourth-order valence-corrected chi connectivity index (χ4v) is 3.14. The molecule has 2 aliphatic heterocycles. The van der Waals surface area contributed by atoms with Crippen molar-refractivity contribution in [3.05, 3.63) is 48.0 Å². The number of hydrogen-bond acceptors (Lipinski definition) is 5. The van der Waals surface area contributed by atoms with Gasteiger partial charge < -0.3 is 0 Å². The van der Waals surface area contributed by atoms with Crippen LogP contribution in [0.3, 0.4) is 0 Å². The highest BCUT2D eigenvalue weighted by atomic mass is 35.5. The normalized spacial score (nSPS) is 30.8. The van der Waals surface area contributed by atoms with Crippen molar-refractivity contribution in [2.75, 3.05) is 0 Å². The summed E-state index contributed by atoms with van der Waals surface area (Å²) in [7, 11) is 0. The molecule has 7 heteroatoms. The SMILES string of the molecule is CC1(c2ccccc2)N=N[C@@H]2C(Cl)=Nn3cnnc3[C@@H]21. The predicted octanol–water partition coefficient (Wildman–Crippen LogP) is 2.53. The molecule has 0 radical (unpaired) electrons. The van der Waals surface area contributed by atoms with E-state index in [0.29, 0.717) is 5.17 Å². The third kappa shape index (κ3) is 1.42. The van der Waals surface area contributed by atoms with E-state index in [4.69, 9.17) is 11.6 Å². The van der Waals surface area contributed by atoms with Crippen molar-refractivity contribution in [3.8, 4) is 0 Å². The van der Waals surface area contributed by atoms with Crippen LogP contribution in [0.5, 0.6) is 0 Å². The van der Waals surface area contributed by atoms with Crippen LogP contribution >= 0.6 is 11.6 Å². The standard InChI is InChI=1S/C13H11ClN6/c1-13(8-5-3-2-4-6-8)9-10(16-19-13)11(14)18-20-7-15-17-12(9)20/h2-7,9-10H,1H3/t9-,10+,13?/m1/s1. The van der Waals surface area contributed by atoms with Crippen molar-refractivity contribution in [2.45, 2.75) is 24.4 Å². The van der Waals surface area contributed by atoms with Gasteiger partial charge in [-0.15, -0.1) is 10.2 Å². The molecule has 4 rings (SSSR count). The molecular weight excluding hydrogens is 276 g/mol. The molecule has 0 bridgehead atoms.